The highest BCUT2D eigenvalue weighted by Gasteiger charge is 2.04. The summed E-state index contributed by atoms with van der Waals surface area (Å²) in [7, 11) is 0. The fourth-order valence-electron chi connectivity index (χ4n) is 2.00. The zero-order valence-electron chi connectivity index (χ0n) is 9.48. The van der Waals surface area contributed by atoms with Crippen LogP contribution in [-0.4, -0.2) is 9.55 Å². The number of hydrogen-bond acceptors (Lipinski definition) is 1. The molecule has 90 valence electrons. The van der Waals surface area contributed by atoms with Crippen molar-refractivity contribution in [3.8, 4) is 0 Å². The van der Waals surface area contributed by atoms with Gasteiger partial charge in [-0.1, -0.05) is 22.0 Å². The zero-order valence-corrected chi connectivity index (χ0v) is 12.6. The minimum Gasteiger partial charge on any atom is -0.341 e. The monoisotopic (exact) mass is 364 g/mol. The second kappa shape index (κ2) is 4.86. The molecule has 0 amide bonds. The van der Waals surface area contributed by atoms with Crippen molar-refractivity contribution in [2.24, 2.45) is 0 Å². The summed E-state index contributed by atoms with van der Waals surface area (Å²) in [6.07, 6.45) is 3.93. The molecule has 0 spiro atoms. The summed E-state index contributed by atoms with van der Waals surface area (Å²) in [5, 5.41) is 1.23. The van der Waals surface area contributed by atoms with Crippen molar-refractivity contribution in [3.63, 3.8) is 0 Å². The molecule has 0 N–H and O–H groups in total. The number of benzene rings is 1. The fourth-order valence-corrected chi connectivity index (χ4v) is 2.72. The second-order valence-corrected chi connectivity index (χ2v) is 5.85. The summed E-state index contributed by atoms with van der Waals surface area (Å²) in [6.45, 7) is 0.785. The van der Waals surface area contributed by atoms with Crippen molar-refractivity contribution in [1.29, 1.82) is 0 Å². The number of hydrogen-bond donors (Lipinski definition) is 0. The van der Waals surface area contributed by atoms with Crippen LogP contribution in [0.15, 0.2) is 57.7 Å². The maximum atomic E-state index is 4.40. The summed E-state index contributed by atoms with van der Waals surface area (Å²) in [5.74, 6) is 0. The number of pyridine rings is 1. The lowest BCUT2D eigenvalue weighted by atomic mass is 10.2. The van der Waals surface area contributed by atoms with E-state index in [1.165, 1.54) is 10.9 Å². The average Bonchev–Trinajstić information content (AvgIpc) is 2.77. The Labute approximate surface area is 122 Å². The van der Waals surface area contributed by atoms with Gasteiger partial charge in [-0.25, -0.2) is 0 Å². The van der Waals surface area contributed by atoms with Crippen molar-refractivity contribution in [2.75, 3.05) is 0 Å². The summed E-state index contributed by atoms with van der Waals surface area (Å²) in [6, 6.07) is 12.4. The van der Waals surface area contributed by atoms with Crippen LogP contribution in [0.25, 0.3) is 10.9 Å². The van der Waals surface area contributed by atoms with Crippen LogP contribution in [0.2, 0.25) is 0 Å². The molecule has 1 aromatic carbocycles. The molecule has 0 saturated heterocycles. The quantitative estimate of drug-likeness (QED) is 0.648. The van der Waals surface area contributed by atoms with Gasteiger partial charge in [0.15, 0.2) is 0 Å². The van der Waals surface area contributed by atoms with Crippen LogP contribution in [0.1, 0.15) is 5.69 Å². The minimum absolute atomic E-state index is 0.785. The van der Waals surface area contributed by atoms with E-state index in [0.717, 1.165) is 21.2 Å². The second-order valence-electron chi connectivity index (χ2n) is 4.08. The van der Waals surface area contributed by atoms with E-state index < -0.39 is 0 Å². The fraction of sp³-hybridized carbons (Fsp3) is 0.0714. The van der Waals surface area contributed by atoms with Crippen LogP contribution < -0.4 is 0 Å². The van der Waals surface area contributed by atoms with E-state index in [9.17, 15) is 0 Å². The highest BCUT2D eigenvalue weighted by Crippen LogP contribution is 2.25. The third-order valence-corrected chi connectivity index (χ3v) is 4.04. The predicted octanol–water partition coefficient (Wildman–Crippen LogP) is 4.61. The molecule has 0 unspecified atom stereocenters. The first kappa shape index (κ1) is 11.9. The Morgan fingerprint density at radius 1 is 1.06 bits per heavy atom. The first-order valence-electron chi connectivity index (χ1n) is 5.58. The molecule has 0 fully saturated rings. The van der Waals surface area contributed by atoms with Gasteiger partial charge in [-0.15, -0.1) is 0 Å². The van der Waals surface area contributed by atoms with E-state index in [1.807, 2.05) is 18.3 Å². The van der Waals surface area contributed by atoms with Crippen LogP contribution in [-0.2, 0) is 6.54 Å². The molecule has 18 heavy (non-hydrogen) atoms. The first-order valence-corrected chi connectivity index (χ1v) is 7.16. The van der Waals surface area contributed by atoms with Gasteiger partial charge in [-0.2, -0.15) is 0 Å². The van der Waals surface area contributed by atoms with Gasteiger partial charge in [0.1, 0.15) is 0 Å². The van der Waals surface area contributed by atoms with Gasteiger partial charge in [0, 0.05) is 32.2 Å². The number of fused-ring (bicyclic) bond motifs is 1. The van der Waals surface area contributed by atoms with Gasteiger partial charge >= 0.3 is 0 Å². The Morgan fingerprint density at radius 3 is 2.72 bits per heavy atom. The standard InChI is InChI=1S/C14H10Br2N2/c15-10-4-5-11(17-8-10)9-18-7-6-12-13(16)2-1-3-14(12)18/h1-8H,9H2. The Kier molecular flexibility index (Phi) is 3.22. The SMILES string of the molecule is Brc1ccc(Cn2ccc3c(Br)cccc32)nc1. The molecule has 2 aromatic heterocycles. The largest absolute Gasteiger partial charge is 0.341 e. The highest BCUT2D eigenvalue weighted by atomic mass is 79.9. The summed E-state index contributed by atoms with van der Waals surface area (Å²) >= 11 is 6.97. The molecular formula is C14H10Br2N2. The molecule has 2 heterocycles. The molecule has 0 bridgehead atoms. The predicted molar refractivity (Wildman–Crippen MR) is 80.7 cm³/mol. The first-order chi connectivity index (χ1) is 8.74. The minimum atomic E-state index is 0.785. The lowest BCUT2D eigenvalue weighted by Gasteiger charge is -2.05. The highest BCUT2D eigenvalue weighted by molar-refractivity contribution is 9.11. The number of aromatic nitrogens is 2. The van der Waals surface area contributed by atoms with E-state index in [2.05, 4.69) is 71.9 Å². The van der Waals surface area contributed by atoms with Crippen LogP contribution in [0.5, 0.6) is 0 Å². The molecule has 0 radical (unpaired) electrons. The third-order valence-electron chi connectivity index (χ3n) is 2.88. The van der Waals surface area contributed by atoms with E-state index in [1.54, 1.807) is 0 Å². The molecule has 0 aliphatic carbocycles. The van der Waals surface area contributed by atoms with Gasteiger partial charge < -0.3 is 4.57 Å². The van der Waals surface area contributed by atoms with Crippen LogP contribution >= 0.6 is 31.9 Å². The van der Waals surface area contributed by atoms with E-state index >= 15 is 0 Å². The lowest BCUT2D eigenvalue weighted by Crippen LogP contribution is -1.99. The van der Waals surface area contributed by atoms with Gasteiger partial charge in [0.25, 0.3) is 0 Å². The molecule has 0 aliphatic rings. The summed E-state index contributed by atoms with van der Waals surface area (Å²) in [5.41, 5.74) is 2.27. The smallest absolute Gasteiger partial charge is 0.0648 e. The summed E-state index contributed by atoms with van der Waals surface area (Å²) < 4.78 is 4.34. The Hall–Kier alpha value is -1.13. The molecular weight excluding hydrogens is 356 g/mol. The molecule has 3 rings (SSSR count). The zero-order chi connectivity index (χ0) is 12.5. The van der Waals surface area contributed by atoms with Crippen LogP contribution in [0, 0.1) is 0 Å². The maximum Gasteiger partial charge on any atom is 0.0648 e. The molecule has 4 heteroatoms. The van der Waals surface area contributed by atoms with Crippen LogP contribution in [0.4, 0.5) is 0 Å². The van der Waals surface area contributed by atoms with Gasteiger partial charge in [-0.3, -0.25) is 4.98 Å². The number of nitrogens with zero attached hydrogens (tertiary/aromatic N) is 2. The van der Waals surface area contributed by atoms with Crippen molar-refractivity contribution >= 4 is 42.8 Å². The Bertz CT molecular complexity index is 687. The Balaban J connectivity index is 2.00. The van der Waals surface area contributed by atoms with Crippen molar-refractivity contribution in [2.45, 2.75) is 6.54 Å². The van der Waals surface area contributed by atoms with Crippen LogP contribution in [0.3, 0.4) is 0 Å². The van der Waals surface area contributed by atoms with E-state index in [4.69, 9.17) is 0 Å². The summed E-state index contributed by atoms with van der Waals surface area (Å²) in [4.78, 5) is 4.40. The maximum absolute atomic E-state index is 4.40. The van der Waals surface area contributed by atoms with Gasteiger partial charge in [-0.05, 0) is 46.3 Å². The van der Waals surface area contributed by atoms with E-state index in [0.29, 0.717) is 0 Å². The van der Waals surface area contributed by atoms with Crippen molar-refractivity contribution in [3.05, 3.63) is 63.4 Å². The molecule has 0 atom stereocenters. The Morgan fingerprint density at radius 2 is 1.94 bits per heavy atom. The van der Waals surface area contributed by atoms with Crippen molar-refractivity contribution in [1.82, 2.24) is 9.55 Å². The lowest BCUT2D eigenvalue weighted by molar-refractivity contribution is 0.807. The molecule has 0 aliphatic heterocycles. The average molecular weight is 366 g/mol. The molecule has 0 saturated carbocycles. The third kappa shape index (κ3) is 2.22. The number of rotatable bonds is 2. The topological polar surface area (TPSA) is 17.8 Å². The van der Waals surface area contributed by atoms with Gasteiger partial charge in [0.05, 0.1) is 12.2 Å². The molecule has 2 nitrogen and oxygen atoms in total. The van der Waals surface area contributed by atoms with Crippen molar-refractivity contribution < 1.29 is 0 Å². The number of halogens is 2. The molecule has 3 aromatic rings. The normalized spacial score (nSPS) is 11.0. The van der Waals surface area contributed by atoms with E-state index in [-0.39, 0.29) is 0 Å². The van der Waals surface area contributed by atoms with Gasteiger partial charge in [0.2, 0.25) is 0 Å².